The largest absolute Gasteiger partial charge is 0.495 e. The standard InChI is InChI=1S/C18H13BrClNO2S2/c1-23-16-12(7-13(20)9-14(16)19)8-15-17(22)25-18(21-15)24-10-11-5-3-2-4-6-11/h2-9H,10H2,1H3/b15-8+. The van der Waals surface area contributed by atoms with E-state index in [1.807, 2.05) is 18.2 Å². The van der Waals surface area contributed by atoms with Gasteiger partial charge in [-0.25, -0.2) is 4.99 Å². The van der Waals surface area contributed by atoms with Crippen LogP contribution >= 0.6 is 51.1 Å². The van der Waals surface area contributed by atoms with Crippen molar-refractivity contribution >= 4 is 66.6 Å². The Morgan fingerprint density at radius 3 is 2.80 bits per heavy atom. The van der Waals surface area contributed by atoms with E-state index in [1.54, 1.807) is 37.1 Å². The fourth-order valence-corrected chi connectivity index (χ4v) is 5.01. The highest BCUT2D eigenvalue weighted by Crippen LogP contribution is 2.37. The van der Waals surface area contributed by atoms with Crippen LogP contribution in [0.4, 0.5) is 0 Å². The predicted octanol–water partition coefficient (Wildman–Crippen LogP) is 6.01. The third-order valence-corrected chi connectivity index (χ3v) is 6.23. The SMILES string of the molecule is COc1c(Br)cc(Cl)cc1/C=C1/N=C(SCc2ccccc2)SC1=O. The average molecular weight is 455 g/mol. The van der Waals surface area contributed by atoms with Crippen molar-refractivity contribution in [2.45, 2.75) is 5.75 Å². The Hall–Kier alpha value is -1.21. The first-order chi connectivity index (χ1) is 12.1. The summed E-state index contributed by atoms with van der Waals surface area (Å²) in [4.78, 5) is 16.7. The van der Waals surface area contributed by atoms with Crippen LogP contribution in [-0.4, -0.2) is 16.6 Å². The Bertz CT molecular complexity index is 869. The number of benzene rings is 2. The maximum absolute atomic E-state index is 12.3. The summed E-state index contributed by atoms with van der Waals surface area (Å²) in [6.07, 6.45) is 1.71. The zero-order chi connectivity index (χ0) is 17.8. The third-order valence-electron chi connectivity index (χ3n) is 3.34. The molecule has 0 saturated heterocycles. The van der Waals surface area contributed by atoms with Gasteiger partial charge < -0.3 is 4.74 Å². The Balaban J connectivity index is 1.82. The van der Waals surface area contributed by atoms with Crippen LogP contribution in [0.25, 0.3) is 6.08 Å². The molecule has 0 fully saturated rings. The molecule has 0 unspecified atom stereocenters. The normalized spacial score (nSPS) is 15.6. The summed E-state index contributed by atoms with van der Waals surface area (Å²) in [6.45, 7) is 0. The first-order valence-electron chi connectivity index (χ1n) is 7.29. The van der Waals surface area contributed by atoms with E-state index < -0.39 is 0 Å². The molecule has 0 radical (unpaired) electrons. The van der Waals surface area contributed by atoms with E-state index in [4.69, 9.17) is 16.3 Å². The van der Waals surface area contributed by atoms with Gasteiger partial charge >= 0.3 is 0 Å². The molecule has 3 rings (SSSR count). The molecular formula is C18H13BrClNO2S2. The molecule has 2 aromatic rings. The van der Waals surface area contributed by atoms with Crippen LogP contribution in [0, 0.1) is 0 Å². The van der Waals surface area contributed by atoms with Gasteiger partial charge in [-0.05, 0) is 51.5 Å². The summed E-state index contributed by atoms with van der Waals surface area (Å²) in [7, 11) is 1.58. The van der Waals surface area contributed by atoms with Crippen molar-refractivity contribution in [1.29, 1.82) is 0 Å². The van der Waals surface area contributed by atoms with Gasteiger partial charge in [-0.3, -0.25) is 4.79 Å². The second-order valence-electron chi connectivity index (χ2n) is 5.08. The lowest BCUT2D eigenvalue weighted by Crippen LogP contribution is -1.92. The topological polar surface area (TPSA) is 38.7 Å². The first-order valence-corrected chi connectivity index (χ1v) is 10.3. The minimum atomic E-state index is -0.0753. The van der Waals surface area contributed by atoms with E-state index in [9.17, 15) is 4.79 Å². The van der Waals surface area contributed by atoms with E-state index in [2.05, 4.69) is 33.1 Å². The van der Waals surface area contributed by atoms with Crippen LogP contribution in [-0.2, 0) is 10.5 Å². The number of aliphatic imine (C=N–C) groups is 1. The minimum Gasteiger partial charge on any atom is -0.495 e. The van der Waals surface area contributed by atoms with Crippen molar-refractivity contribution in [1.82, 2.24) is 0 Å². The number of carbonyl (C=O) groups excluding carboxylic acids is 1. The maximum atomic E-state index is 12.3. The molecule has 2 aromatic carbocycles. The molecule has 0 spiro atoms. The summed E-state index contributed by atoms with van der Waals surface area (Å²) in [5, 5.41) is 0.481. The molecule has 0 N–H and O–H groups in total. The predicted molar refractivity (Wildman–Crippen MR) is 111 cm³/mol. The van der Waals surface area contributed by atoms with Gasteiger partial charge in [-0.2, -0.15) is 0 Å². The summed E-state index contributed by atoms with van der Waals surface area (Å²) >= 11 is 12.2. The molecule has 0 bridgehead atoms. The Kier molecular flexibility index (Phi) is 6.28. The lowest BCUT2D eigenvalue weighted by molar-refractivity contribution is -0.107. The van der Waals surface area contributed by atoms with Crippen molar-refractivity contribution in [2.75, 3.05) is 7.11 Å². The summed E-state index contributed by atoms with van der Waals surface area (Å²) < 4.78 is 6.87. The fraction of sp³-hybridized carbons (Fsp3) is 0.111. The van der Waals surface area contributed by atoms with Gasteiger partial charge in [0.15, 0.2) is 0 Å². The van der Waals surface area contributed by atoms with Gasteiger partial charge in [0.2, 0.25) is 5.12 Å². The van der Waals surface area contributed by atoms with E-state index in [0.717, 1.165) is 26.4 Å². The second-order valence-corrected chi connectivity index (χ2v) is 8.56. The molecule has 25 heavy (non-hydrogen) atoms. The van der Waals surface area contributed by atoms with Crippen LogP contribution in [0.5, 0.6) is 5.75 Å². The molecular weight excluding hydrogens is 442 g/mol. The number of hydrogen-bond donors (Lipinski definition) is 0. The molecule has 7 heteroatoms. The molecule has 1 aliphatic heterocycles. The monoisotopic (exact) mass is 453 g/mol. The van der Waals surface area contributed by atoms with Crippen molar-refractivity contribution in [3.8, 4) is 5.75 Å². The van der Waals surface area contributed by atoms with Crippen molar-refractivity contribution in [3.63, 3.8) is 0 Å². The Morgan fingerprint density at radius 1 is 1.32 bits per heavy atom. The summed E-state index contributed by atoms with van der Waals surface area (Å²) in [5.41, 5.74) is 2.30. The molecule has 0 aliphatic carbocycles. The minimum absolute atomic E-state index is 0.0753. The van der Waals surface area contributed by atoms with Gasteiger partial charge in [0.25, 0.3) is 0 Å². The van der Waals surface area contributed by atoms with Gasteiger partial charge in [-0.15, -0.1) is 0 Å². The van der Waals surface area contributed by atoms with Crippen LogP contribution in [0.3, 0.4) is 0 Å². The molecule has 1 heterocycles. The van der Waals surface area contributed by atoms with Gasteiger partial charge in [0, 0.05) is 16.3 Å². The number of carbonyl (C=O) groups is 1. The van der Waals surface area contributed by atoms with E-state index in [-0.39, 0.29) is 5.12 Å². The van der Waals surface area contributed by atoms with Crippen molar-refractivity contribution < 1.29 is 9.53 Å². The summed E-state index contributed by atoms with van der Waals surface area (Å²) in [5.74, 6) is 1.40. The number of hydrogen-bond acceptors (Lipinski definition) is 5. The smallest absolute Gasteiger partial charge is 0.244 e. The van der Waals surface area contributed by atoms with Crippen LogP contribution < -0.4 is 4.74 Å². The van der Waals surface area contributed by atoms with Crippen LogP contribution in [0.2, 0.25) is 5.02 Å². The highest BCUT2D eigenvalue weighted by Gasteiger charge is 2.23. The molecule has 1 aliphatic rings. The maximum Gasteiger partial charge on any atom is 0.244 e. The zero-order valence-electron chi connectivity index (χ0n) is 13.2. The summed E-state index contributed by atoms with van der Waals surface area (Å²) in [6, 6.07) is 13.6. The molecule has 128 valence electrons. The number of nitrogens with zero attached hydrogens (tertiary/aromatic N) is 1. The first kappa shape index (κ1) is 18.6. The van der Waals surface area contributed by atoms with E-state index in [1.165, 1.54) is 5.56 Å². The molecule has 3 nitrogen and oxygen atoms in total. The molecule has 0 amide bonds. The second kappa shape index (κ2) is 8.45. The quantitative estimate of drug-likeness (QED) is 0.530. The lowest BCUT2D eigenvalue weighted by atomic mass is 10.1. The molecule has 0 saturated carbocycles. The van der Waals surface area contributed by atoms with Crippen LogP contribution in [0.15, 0.2) is 57.6 Å². The van der Waals surface area contributed by atoms with E-state index in [0.29, 0.717) is 22.0 Å². The van der Waals surface area contributed by atoms with Gasteiger partial charge in [0.05, 0.1) is 11.6 Å². The van der Waals surface area contributed by atoms with Gasteiger partial charge in [-0.1, -0.05) is 53.7 Å². The number of thioether (sulfide) groups is 2. The van der Waals surface area contributed by atoms with Crippen LogP contribution in [0.1, 0.15) is 11.1 Å². The lowest BCUT2D eigenvalue weighted by Gasteiger charge is -2.08. The molecule has 0 aromatic heterocycles. The average Bonchev–Trinajstić information content (AvgIpc) is 2.93. The van der Waals surface area contributed by atoms with Crippen molar-refractivity contribution in [3.05, 3.63) is 68.8 Å². The number of methoxy groups -OCH3 is 1. The highest BCUT2D eigenvalue weighted by atomic mass is 79.9. The van der Waals surface area contributed by atoms with Gasteiger partial charge in [0.1, 0.15) is 15.8 Å². The Labute approximate surface area is 168 Å². The van der Waals surface area contributed by atoms with Crippen molar-refractivity contribution in [2.24, 2.45) is 4.99 Å². The Morgan fingerprint density at radius 2 is 2.08 bits per heavy atom. The number of ether oxygens (including phenoxy) is 1. The van der Waals surface area contributed by atoms with E-state index >= 15 is 0 Å². The number of rotatable bonds is 4. The molecule has 0 atom stereocenters. The zero-order valence-corrected chi connectivity index (χ0v) is 17.1. The fourth-order valence-electron chi connectivity index (χ4n) is 2.22. The number of halogens is 2. The third kappa shape index (κ3) is 4.70. The highest BCUT2D eigenvalue weighted by molar-refractivity contribution is 9.10.